The Morgan fingerprint density at radius 2 is 2.55 bits per heavy atom. The first-order valence-electron chi connectivity index (χ1n) is 3.64. The second-order valence-corrected chi connectivity index (χ2v) is 2.94. The van der Waals surface area contributed by atoms with E-state index in [1.165, 1.54) is 0 Å². The van der Waals surface area contributed by atoms with Crippen LogP contribution in [-0.2, 0) is 10.2 Å². The van der Waals surface area contributed by atoms with Gasteiger partial charge in [-0.05, 0) is 0 Å². The number of aromatic amines is 1. The first-order valence-corrected chi connectivity index (χ1v) is 3.64. The summed E-state index contributed by atoms with van der Waals surface area (Å²) in [7, 11) is 0. The highest BCUT2D eigenvalue weighted by Crippen LogP contribution is 2.28. The van der Waals surface area contributed by atoms with Crippen molar-refractivity contribution in [1.29, 1.82) is 0 Å². The van der Waals surface area contributed by atoms with Gasteiger partial charge in [-0.25, -0.2) is 4.98 Å². The largest absolute Gasteiger partial charge is 0.379 e. The number of rotatable bonds is 2. The van der Waals surface area contributed by atoms with E-state index in [9.17, 15) is 0 Å². The molecule has 60 valence electrons. The topological polar surface area (TPSA) is 63.9 Å². The van der Waals surface area contributed by atoms with E-state index in [4.69, 9.17) is 10.5 Å². The minimum atomic E-state index is 0.0243. The molecule has 1 fully saturated rings. The monoisotopic (exact) mass is 153 g/mol. The number of aromatic nitrogens is 2. The van der Waals surface area contributed by atoms with Crippen LogP contribution in [0.4, 0.5) is 0 Å². The molecule has 2 rings (SSSR count). The lowest BCUT2D eigenvalue weighted by Crippen LogP contribution is -2.52. The molecule has 4 nitrogen and oxygen atoms in total. The lowest BCUT2D eigenvalue weighted by Gasteiger charge is -2.39. The van der Waals surface area contributed by atoms with Crippen molar-refractivity contribution in [3.63, 3.8) is 0 Å². The van der Waals surface area contributed by atoms with E-state index < -0.39 is 0 Å². The van der Waals surface area contributed by atoms with Gasteiger partial charge < -0.3 is 15.5 Å². The Bertz CT molecular complexity index is 222. The minimum absolute atomic E-state index is 0.0243. The van der Waals surface area contributed by atoms with Gasteiger partial charge in [-0.3, -0.25) is 0 Å². The van der Waals surface area contributed by atoms with Crippen LogP contribution in [0.15, 0.2) is 12.5 Å². The van der Waals surface area contributed by atoms with Gasteiger partial charge in [0.2, 0.25) is 0 Å². The van der Waals surface area contributed by atoms with Gasteiger partial charge in [0, 0.05) is 18.4 Å². The molecule has 0 spiro atoms. The summed E-state index contributed by atoms with van der Waals surface area (Å²) >= 11 is 0. The second-order valence-electron chi connectivity index (χ2n) is 2.94. The molecule has 1 aliphatic rings. The predicted octanol–water partition coefficient (Wildman–Crippen LogP) is -0.364. The molecule has 0 unspecified atom stereocenters. The number of hydrogen-bond acceptors (Lipinski definition) is 3. The van der Waals surface area contributed by atoms with Crippen LogP contribution in [0, 0.1) is 0 Å². The fourth-order valence-electron chi connectivity index (χ4n) is 1.28. The number of hydrogen-bond donors (Lipinski definition) is 2. The molecule has 3 N–H and O–H groups in total. The van der Waals surface area contributed by atoms with Crippen molar-refractivity contribution in [2.45, 2.75) is 5.41 Å². The summed E-state index contributed by atoms with van der Waals surface area (Å²) in [6.07, 6.45) is 3.49. The Balaban J connectivity index is 2.25. The first-order chi connectivity index (χ1) is 5.37. The fraction of sp³-hybridized carbons (Fsp3) is 0.571. The maximum absolute atomic E-state index is 5.63. The van der Waals surface area contributed by atoms with Gasteiger partial charge in [-0.2, -0.15) is 0 Å². The first kappa shape index (κ1) is 6.82. The van der Waals surface area contributed by atoms with Gasteiger partial charge >= 0.3 is 0 Å². The average molecular weight is 153 g/mol. The van der Waals surface area contributed by atoms with Crippen molar-refractivity contribution >= 4 is 0 Å². The van der Waals surface area contributed by atoms with Gasteiger partial charge in [-0.1, -0.05) is 0 Å². The summed E-state index contributed by atoms with van der Waals surface area (Å²) in [4.78, 5) is 7.01. The second kappa shape index (κ2) is 2.32. The number of imidazole rings is 1. The summed E-state index contributed by atoms with van der Waals surface area (Å²) in [6, 6.07) is 0. The lowest BCUT2D eigenvalue weighted by molar-refractivity contribution is -0.0569. The Morgan fingerprint density at radius 1 is 1.73 bits per heavy atom. The maximum Gasteiger partial charge on any atom is 0.0921 e. The van der Waals surface area contributed by atoms with Gasteiger partial charge in [-0.15, -0.1) is 0 Å². The van der Waals surface area contributed by atoms with E-state index in [2.05, 4.69) is 9.97 Å². The average Bonchev–Trinajstić information content (AvgIpc) is 2.39. The van der Waals surface area contributed by atoms with Crippen LogP contribution in [0.1, 0.15) is 5.69 Å². The van der Waals surface area contributed by atoms with Crippen LogP contribution in [0.25, 0.3) is 0 Å². The SMILES string of the molecule is NCC1(c2cnc[nH]2)COC1. The number of nitrogens with zero attached hydrogens (tertiary/aromatic N) is 1. The molecule has 0 aromatic carbocycles. The van der Waals surface area contributed by atoms with Crippen molar-refractivity contribution in [3.05, 3.63) is 18.2 Å². The summed E-state index contributed by atoms with van der Waals surface area (Å²) in [5.41, 5.74) is 6.75. The maximum atomic E-state index is 5.63. The summed E-state index contributed by atoms with van der Waals surface area (Å²) in [5.74, 6) is 0. The van der Waals surface area contributed by atoms with Crippen LogP contribution >= 0.6 is 0 Å². The van der Waals surface area contributed by atoms with Gasteiger partial charge in [0.15, 0.2) is 0 Å². The van der Waals surface area contributed by atoms with Crippen molar-refractivity contribution in [1.82, 2.24) is 9.97 Å². The van der Waals surface area contributed by atoms with E-state index in [0.717, 1.165) is 5.69 Å². The van der Waals surface area contributed by atoms with E-state index in [-0.39, 0.29) is 5.41 Å². The van der Waals surface area contributed by atoms with E-state index >= 15 is 0 Å². The van der Waals surface area contributed by atoms with Crippen molar-refractivity contribution in [2.75, 3.05) is 19.8 Å². The molecular formula is C7H11N3O. The molecule has 1 saturated heterocycles. The Labute approximate surface area is 64.8 Å². The summed E-state index contributed by atoms with van der Waals surface area (Å²) in [5, 5.41) is 0. The molecule has 0 amide bonds. The Hall–Kier alpha value is -0.870. The summed E-state index contributed by atoms with van der Waals surface area (Å²) < 4.78 is 5.13. The van der Waals surface area contributed by atoms with Crippen LogP contribution in [0.5, 0.6) is 0 Å². The number of H-pyrrole nitrogens is 1. The predicted molar refractivity (Wildman–Crippen MR) is 40.1 cm³/mol. The molecule has 2 heterocycles. The quantitative estimate of drug-likeness (QED) is 0.609. The molecule has 0 aliphatic carbocycles. The van der Waals surface area contributed by atoms with E-state index in [1.54, 1.807) is 6.33 Å². The Kier molecular flexibility index (Phi) is 1.44. The normalized spacial score (nSPS) is 21.2. The number of nitrogens with two attached hydrogens (primary N) is 1. The zero-order valence-electron chi connectivity index (χ0n) is 6.21. The molecule has 0 bridgehead atoms. The highest BCUT2D eigenvalue weighted by atomic mass is 16.5. The van der Waals surface area contributed by atoms with Gasteiger partial charge in [0.1, 0.15) is 0 Å². The van der Waals surface area contributed by atoms with Crippen molar-refractivity contribution in [3.8, 4) is 0 Å². The van der Waals surface area contributed by atoms with Gasteiger partial charge in [0.05, 0.1) is 25.0 Å². The molecule has 4 heteroatoms. The molecular weight excluding hydrogens is 142 g/mol. The molecule has 1 aromatic heterocycles. The van der Waals surface area contributed by atoms with Crippen molar-refractivity contribution in [2.24, 2.45) is 5.73 Å². The lowest BCUT2D eigenvalue weighted by atomic mass is 9.83. The van der Waals surface area contributed by atoms with Crippen LogP contribution in [0.2, 0.25) is 0 Å². The van der Waals surface area contributed by atoms with E-state index in [1.807, 2.05) is 6.20 Å². The molecule has 1 aliphatic heterocycles. The molecule has 1 aromatic rings. The van der Waals surface area contributed by atoms with Crippen LogP contribution < -0.4 is 5.73 Å². The molecule has 0 radical (unpaired) electrons. The number of nitrogens with one attached hydrogen (secondary N) is 1. The standard InChI is InChI=1S/C7H11N3O/c8-2-7(3-11-4-7)6-1-9-5-10-6/h1,5H,2-4,8H2,(H,9,10). The number of ether oxygens (including phenoxy) is 1. The van der Waals surface area contributed by atoms with Crippen LogP contribution in [0.3, 0.4) is 0 Å². The fourth-order valence-corrected chi connectivity index (χ4v) is 1.28. The van der Waals surface area contributed by atoms with E-state index in [0.29, 0.717) is 19.8 Å². The highest BCUT2D eigenvalue weighted by Gasteiger charge is 2.40. The Morgan fingerprint density at radius 3 is 2.91 bits per heavy atom. The smallest absolute Gasteiger partial charge is 0.0921 e. The van der Waals surface area contributed by atoms with Crippen molar-refractivity contribution < 1.29 is 4.74 Å². The van der Waals surface area contributed by atoms with Crippen LogP contribution in [-0.4, -0.2) is 29.7 Å². The highest BCUT2D eigenvalue weighted by molar-refractivity contribution is 5.17. The third-order valence-corrected chi connectivity index (χ3v) is 2.22. The molecule has 0 atom stereocenters. The zero-order valence-corrected chi connectivity index (χ0v) is 6.21. The third kappa shape index (κ3) is 0.868. The minimum Gasteiger partial charge on any atom is -0.379 e. The summed E-state index contributed by atoms with van der Waals surface area (Å²) in [6.45, 7) is 2.05. The molecule has 11 heavy (non-hydrogen) atoms. The third-order valence-electron chi connectivity index (χ3n) is 2.22. The van der Waals surface area contributed by atoms with Gasteiger partial charge in [0.25, 0.3) is 0 Å². The molecule has 0 saturated carbocycles. The zero-order chi connectivity index (χ0) is 7.73.